The first-order valence-electron chi connectivity index (χ1n) is 11.9. The SMILES string of the molecule is N=C/C=C\c1ncc(C#Cc2cncc(C(=O)Nc3ccc(CN4CCC[C@H](N)C4)c(C(F)(F)F)c3)c2)[nH]1. The number of nitrogens with zero attached hydrogens (tertiary/aromatic N) is 3. The lowest BCUT2D eigenvalue weighted by atomic mass is 10.0. The van der Waals surface area contributed by atoms with Gasteiger partial charge in [-0.3, -0.25) is 14.7 Å². The predicted molar refractivity (Wildman–Crippen MR) is 139 cm³/mol. The molecule has 0 saturated carbocycles. The van der Waals surface area contributed by atoms with E-state index in [0.29, 0.717) is 30.2 Å². The van der Waals surface area contributed by atoms with Gasteiger partial charge in [-0.15, -0.1) is 0 Å². The van der Waals surface area contributed by atoms with E-state index >= 15 is 0 Å². The second-order valence-electron chi connectivity index (χ2n) is 8.88. The number of H-pyrrole nitrogens is 1. The number of anilines is 1. The molecule has 8 nitrogen and oxygen atoms in total. The number of hydrogen-bond donors (Lipinski definition) is 4. The third-order valence-corrected chi connectivity index (χ3v) is 5.90. The van der Waals surface area contributed by atoms with Crippen LogP contribution in [0.3, 0.4) is 0 Å². The maximum absolute atomic E-state index is 13.9. The second-order valence-corrected chi connectivity index (χ2v) is 8.88. The maximum Gasteiger partial charge on any atom is 0.416 e. The van der Waals surface area contributed by atoms with Gasteiger partial charge < -0.3 is 21.4 Å². The van der Waals surface area contributed by atoms with Crippen molar-refractivity contribution in [2.45, 2.75) is 31.6 Å². The fourth-order valence-electron chi connectivity index (χ4n) is 4.13. The van der Waals surface area contributed by atoms with Crippen molar-refractivity contribution in [1.82, 2.24) is 19.9 Å². The molecule has 1 atom stereocenters. The Morgan fingerprint density at radius 1 is 1.26 bits per heavy atom. The number of allylic oxidation sites excluding steroid dienone is 1. The Kier molecular flexibility index (Phi) is 8.35. The highest BCUT2D eigenvalue weighted by Gasteiger charge is 2.34. The Labute approximate surface area is 217 Å². The molecule has 1 aliphatic heterocycles. The number of hydrogen-bond acceptors (Lipinski definition) is 6. The molecule has 1 saturated heterocycles. The summed E-state index contributed by atoms with van der Waals surface area (Å²) >= 11 is 0. The largest absolute Gasteiger partial charge is 0.416 e. The van der Waals surface area contributed by atoms with E-state index in [1.807, 2.05) is 4.90 Å². The molecule has 2 aromatic heterocycles. The van der Waals surface area contributed by atoms with Crippen LogP contribution in [-0.2, 0) is 12.7 Å². The highest BCUT2D eigenvalue weighted by molar-refractivity contribution is 6.04. The number of aromatic nitrogens is 3. The quantitative estimate of drug-likeness (QED) is 0.288. The number of aromatic amines is 1. The minimum atomic E-state index is -4.58. The normalized spacial score (nSPS) is 16.2. The molecule has 0 radical (unpaired) electrons. The van der Waals surface area contributed by atoms with E-state index in [1.165, 1.54) is 42.9 Å². The van der Waals surface area contributed by atoms with Crippen LogP contribution >= 0.6 is 0 Å². The Morgan fingerprint density at radius 3 is 2.87 bits per heavy atom. The van der Waals surface area contributed by atoms with Crippen LogP contribution in [0.1, 0.15) is 51.4 Å². The second kappa shape index (κ2) is 11.9. The van der Waals surface area contributed by atoms with Crippen LogP contribution in [0, 0.1) is 17.3 Å². The Bertz CT molecular complexity index is 1400. The van der Waals surface area contributed by atoms with Crippen LogP contribution in [0.5, 0.6) is 0 Å². The van der Waals surface area contributed by atoms with Gasteiger partial charge in [0.05, 0.1) is 17.3 Å². The number of nitrogens with one attached hydrogen (secondary N) is 3. The van der Waals surface area contributed by atoms with Crippen molar-refractivity contribution in [1.29, 1.82) is 5.41 Å². The number of imidazole rings is 1. The first-order valence-corrected chi connectivity index (χ1v) is 11.9. The molecule has 1 aromatic carbocycles. The van der Waals surface area contributed by atoms with Crippen molar-refractivity contribution >= 4 is 23.9 Å². The average Bonchev–Trinajstić information content (AvgIpc) is 3.34. The number of rotatable bonds is 6. The lowest BCUT2D eigenvalue weighted by Gasteiger charge is -2.31. The number of halogens is 3. The number of likely N-dealkylation sites (tertiary alicyclic amines) is 1. The number of amides is 1. The van der Waals surface area contributed by atoms with Gasteiger partial charge in [0.1, 0.15) is 11.5 Å². The summed E-state index contributed by atoms with van der Waals surface area (Å²) in [6, 6.07) is 5.27. The average molecular weight is 522 g/mol. The molecular weight excluding hydrogens is 495 g/mol. The summed E-state index contributed by atoms with van der Waals surface area (Å²) < 4.78 is 41.6. The van der Waals surface area contributed by atoms with E-state index in [9.17, 15) is 18.0 Å². The monoisotopic (exact) mass is 521 g/mol. The van der Waals surface area contributed by atoms with E-state index in [1.54, 1.807) is 6.08 Å². The van der Waals surface area contributed by atoms with Crippen molar-refractivity contribution in [3.8, 4) is 11.8 Å². The van der Waals surface area contributed by atoms with E-state index < -0.39 is 17.6 Å². The number of carbonyl (C=O) groups excluding carboxylic acids is 1. The molecule has 1 amide bonds. The van der Waals surface area contributed by atoms with Gasteiger partial charge in [-0.05, 0) is 61.2 Å². The number of alkyl halides is 3. The number of piperidine rings is 1. The van der Waals surface area contributed by atoms with E-state index in [2.05, 4.69) is 32.1 Å². The predicted octanol–water partition coefficient (Wildman–Crippen LogP) is 4.06. The highest BCUT2D eigenvalue weighted by atomic mass is 19.4. The third kappa shape index (κ3) is 7.15. The van der Waals surface area contributed by atoms with Gasteiger partial charge in [0.15, 0.2) is 0 Å². The number of carbonyl (C=O) groups is 1. The molecule has 3 aromatic rings. The first-order chi connectivity index (χ1) is 18.2. The van der Waals surface area contributed by atoms with Crippen LogP contribution < -0.4 is 11.1 Å². The van der Waals surface area contributed by atoms with Crippen LogP contribution in [0.15, 0.2) is 48.9 Å². The Balaban J connectivity index is 1.48. The lowest BCUT2D eigenvalue weighted by Crippen LogP contribution is -2.42. The molecule has 11 heteroatoms. The number of nitrogens with two attached hydrogens (primary N) is 1. The molecular formula is C27H26F3N7O. The maximum atomic E-state index is 13.9. The van der Waals surface area contributed by atoms with E-state index in [0.717, 1.165) is 25.1 Å². The molecule has 5 N–H and O–H groups in total. The lowest BCUT2D eigenvalue weighted by molar-refractivity contribution is -0.138. The fourth-order valence-corrected chi connectivity index (χ4v) is 4.13. The van der Waals surface area contributed by atoms with Crippen LogP contribution in [0.2, 0.25) is 0 Å². The van der Waals surface area contributed by atoms with E-state index in [4.69, 9.17) is 11.1 Å². The van der Waals surface area contributed by atoms with Gasteiger partial charge in [-0.1, -0.05) is 12.0 Å². The van der Waals surface area contributed by atoms with Gasteiger partial charge in [0.25, 0.3) is 5.91 Å². The Hall–Kier alpha value is -4.27. The van der Waals surface area contributed by atoms with Crippen molar-refractivity contribution in [2.75, 3.05) is 18.4 Å². The van der Waals surface area contributed by atoms with Gasteiger partial charge in [0, 0.05) is 49.0 Å². The van der Waals surface area contributed by atoms with E-state index in [-0.39, 0.29) is 29.4 Å². The summed E-state index contributed by atoms with van der Waals surface area (Å²) in [4.78, 5) is 25.8. The number of pyridine rings is 1. The summed E-state index contributed by atoms with van der Waals surface area (Å²) in [7, 11) is 0. The zero-order valence-electron chi connectivity index (χ0n) is 20.3. The van der Waals surface area contributed by atoms with Crippen LogP contribution in [-0.4, -0.2) is 51.1 Å². The molecule has 38 heavy (non-hydrogen) atoms. The minimum absolute atomic E-state index is 0.0286. The van der Waals surface area contributed by atoms with Crippen molar-refractivity contribution in [3.05, 3.63) is 82.7 Å². The molecule has 196 valence electrons. The molecule has 0 unspecified atom stereocenters. The van der Waals surface area contributed by atoms with Gasteiger partial charge in [0.2, 0.25) is 0 Å². The highest BCUT2D eigenvalue weighted by Crippen LogP contribution is 2.35. The van der Waals surface area contributed by atoms with Gasteiger partial charge >= 0.3 is 6.18 Å². The molecule has 4 rings (SSSR count). The molecule has 1 aliphatic rings. The summed E-state index contributed by atoms with van der Waals surface area (Å²) in [5, 5.41) is 9.53. The first kappa shape index (κ1) is 26.8. The molecule has 3 heterocycles. The van der Waals surface area contributed by atoms with Crippen LogP contribution in [0.4, 0.5) is 18.9 Å². The van der Waals surface area contributed by atoms with Crippen molar-refractivity contribution in [2.24, 2.45) is 5.73 Å². The molecule has 0 spiro atoms. The summed E-state index contributed by atoms with van der Waals surface area (Å²) in [6.07, 6.45) is 5.70. The zero-order chi connectivity index (χ0) is 27.1. The summed E-state index contributed by atoms with van der Waals surface area (Å²) in [5.41, 5.74) is 6.46. The Morgan fingerprint density at radius 2 is 2.11 bits per heavy atom. The van der Waals surface area contributed by atoms with Gasteiger partial charge in [-0.2, -0.15) is 13.2 Å². The molecule has 0 bridgehead atoms. The van der Waals surface area contributed by atoms with Crippen molar-refractivity contribution < 1.29 is 18.0 Å². The van der Waals surface area contributed by atoms with Crippen LogP contribution in [0.25, 0.3) is 6.08 Å². The van der Waals surface area contributed by atoms with Crippen molar-refractivity contribution in [3.63, 3.8) is 0 Å². The zero-order valence-corrected chi connectivity index (χ0v) is 20.3. The summed E-state index contributed by atoms with van der Waals surface area (Å²) in [5.74, 6) is 5.67. The number of benzene rings is 1. The topological polar surface area (TPSA) is 124 Å². The third-order valence-electron chi connectivity index (χ3n) is 5.90. The molecule has 0 aliphatic carbocycles. The fraction of sp³-hybridized carbons (Fsp3) is 0.259. The molecule has 1 fully saturated rings. The summed E-state index contributed by atoms with van der Waals surface area (Å²) in [6.45, 7) is 1.38. The smallest absolute Gasteiger partial charge is 0.332 e. The standard InChI is InChI=1S/C27H26F3N7O/c28-27(29,30)24-12-22(8-6-19(24)16-37-10-2-3-21(32)17-37)36-26(38)20-11-18(13-33-14-20)5-7-23-15-34-25(35-23)4-1-9-31/h1,4,6,8-9,11-15,21,31H,2-3,10,16-17,32H2,(H,34,35)(H,36,38)/b4-1-,31-9?/t21-/m0/s1. The van der Waals surface area contributed by atoms with Gasteiger partial charge in [-0.25, -0.2) is 4.98 Å². The minimum Gasteiger partial charge on any atom is -0.332 e.